The molecule has 0 aliphatic rings. The zero-order valence-corrected chi connectivity index (χ0v) is 13.4. The summed E-state index contributed by atoms with van der Waals surface area (Å²) >= 11 is 0. The van der Waals surface area contributed by atoms with Gasteiger partial charge in [-0.25, -0.2) is 0 Å². The Balaban J connectivity index is 2.77. The fraction of sp³-hybridized carbons (Fsp3) is 0.625. The van der Waals surface area contributed by atoms with E-state index in [-0.39, 0.29) is 16.9 Å². The summed E-state index contributed by atoms with van der Waals surface area (Å²) in [5.41, 5.74) is 0.624. The van der Waals surface area contributed by atoms with Gasteiger partial charge in [-0.3, -0.25) is 10.1 Å². The Morgan fingerprint density at radius 2 is 2.05 bits per heavy atom. The first-order valence-corrected chi connectivity index (χ1v) is 7.46. The summed E-state index contributed by atoms with van der Waals surface area (Å²) in [6.45, 7) is 7.25. The second-order valence-corrected chi connectivity index (χ2v) is 6.09. The summed E-state index contributed by atoms with van der Waals surface area (Å²) in [5.74, 6) is 0.286. The third kappa shape index (κ3) is 5.25. The Kier molecular flexibility index (Phi) is 6.46. The molecule has 5 heteroatoms. The lowest BCUT2D eigenvalue weighted by Crippen LogP contribution is -2.23. The molecule has 0 spiro atoms. The van der Waals surface area contributed by atoms with Crippen molar-refractivity contribution in [2.75, 3.05) is 19.0 Å². The van der Waals surface area contributed by atoms with Crippen molar-refractivity contribution in [3.05, 3.63) is 28.3 Å². The molecule has 0 amide bonds. The predicted octanol–water partition coefficient (Wildman–Crippen LogP) is 4.62. The second-order valence-electron chi connectivity index (χ2n) is 6.09. The number of nitro benzene ring substituents is 1. The van der Waals surface area contributed by atoms with Gasteiger partial charge >= 0.3 is 5.69 Å². The lowest BCUT2D eigenvalue weighted by atomic mass is 9.87. The van der Waals surface area contributed by atoms with Crippen molar-refractivity contribution in [3.63, 3.8) is 0 Å². The van der Waals surface area contributed by atoms with E-state index in [1.807, 2.05) is 0 Å². The molecule has 0 saturated carbocycles. The number of hydrogen-bond donors (Lipinski definition) is 1. The van der Waals surface area contributed by atoms with Gasteiger partial charge in [0, 0.05) is 6.54 Å². The van der Waals surface area contributed by atoms with Crippen LogP contribution in [0, 0.1) is 15.5 Å². The molecule has 1 N–H and O–H groups in total. The van der Waals surface area contributed by atoms with Crippen molar-refractivity contribution in [2.45, 2.75) is 46.5 Å². The lowest BCUT2D eigenvalue weighted by Gasteiger charge is -2.25. The fourth-order valence-corrected chi connectivity index (χ4v) is 2.29. The minimum atomic E-state index is -0.398. The summed E-state index contributed by atoms with van der Waals surface area (Å²) in [4.78, 5) is 10.8. The van der Waals surface area contributed by atoms with E-state index >= 15 is 0 Å². The van der Waals surface area contributed by atoms with Crippen LogP contribution in [0.2, 0.25) is 0 Å². The number of benzene rings is 1. The standard InChI is InChI=1S/C16H26N2O3/c1-5-6-7-11-16(2,3)12-17-13-9-8-10-14(21-4)15(13)18(19)20/h8-10,17H,5-7,11-12H2,1-4H3. The number of ether oxygens (including phenoxy) is 1. The normalized spacial score (nSPS) is 11.2. The van der Waals surface area contributed by atoms with Crippen molar-refractivity contribution in [3.8, 4) is 5.75 Å². The highest BCUT2D eigenvalue weighted by molar-refractivity contribution is 5.68. The molecule has 0 bridgehead atoms. The first kappa shape index (κ1) is 17.3. The number of nitro groups is 1. The molecule has 0 aliphatic heterocycles. The maximum absolute atomic E-state index is 11.2. The number of rotatable bonds is 9. The van der Waals surface area contributed by atoms with Crippen molar-refractivity contribution in [1.29, 1.82) is 0 Å². The highest BCUT2D eigenvalue weighted by atomic mass is 16.6. The van der Waals surface area contributed by atoms with Crippen LogP contribution in [-0.2, 0) is 0 Å². The van der Waals surface area contributed by atoms with E-state index in [0.717, 1.165) is 6.42 Å². The van der Waals surface area contributed by atoms with E-state index in [9.17, 15) is 10.1 Å². The van der Waals surface area contributed by atoms with Crippen molar-refractivity contribution >= 4 is 11.4 Å². The number of unbranched alkanes of at least 4 members (excludes halogenated alkanes) is 2. The molecule has 0 heterocycles. The van der Waals surface area contributed by atoms with Crippen molar-refractivity contribution < 1.29 is 9.66 Å². The van der Waals surface area contributed by atoms with E-state index in [4.69, 9.17) is 4.74 Å². The van der Waals surface area contributed by atoms with Crippen molar-refractivity contribution in [2.24, 2.45) is 5.41 Å². The molecule has 21 heavy (non-hydrogen) atoms. The molecule has 1 aromatic carbocycles. The predicted molar refractivity (Wildman–Crippen MR) is 86.1 cm³/mol. The molecule has 1 rings (SSSR count). The summed E-state index contributed by atoms with van der Waals surface area (Å²) in [6, 6.07) is 5.09. The highest BCUT2D eigenvalue weighted by Crippen LogP contribution is 2.35. The third-order valence-corrected chi connectivity index (χ3v) is 3.62. The zero-order valence-electron chi connectivity index (χ0n) is 13.4. The molecule has 0 unspecified atom stereocenters. The van der Waals surface area contributed by atoms with E-state index in [1.165, 1.54) is 26.4 Å². The van der Waals surface area contributed by atoms with Gasteiger partial charge in [-0.15, -0.1) is 0 Å². The Morgan fingerprint density at radius 1 is 1.33 bits per heavy atom. The van der Waals surface area contributed by atoms with Crippen LogP contribution in [0.25, 0.3) is 0 Å². The second kappa shape index (κ2) is 7.86. The van der Waals surface area contributed by atoms with Crippen LogP contribution in [0.15, 0.2) is 18.2 Å². The average Bonchev–Trinajstić information content (AvgIpc) is 2.44. The molecule has 1 aromatic rings. The Morgan fingerprint density at radius 3 is 2.62 bits per heavy atom. The maximum atomic E-state index is 11.2. The molecule has 0 radical (unpaired) electrons. The SMILES string of the molecule is CCCCCC(C)(C)CNc1cccc(OC)c1[N+](=O)[O-]. The van der Waals surface area contributed by atoms with Crippen LogP contribution in [-0.4, -0.2) is 18.6 Å². The number of nitrogens with zero attached hydrogens (tertiary/aromatic N) is 1. The van der Waals surface area contributed by atoms with Gasteiger partial charge in [0.25, 0.3) is 0 Å². The summed E-state index contributed by atoms with van der Waals surface area (Å²) in [5, 5.41) is 14.4. The smallest absolute Gasteiger partial charge is 0.333 e. The summed E-state index contributed by atoms with van der Waals surface area (Å²) in [6.07, 6.45) is 4.71. The number of hydrogen-bond acceptors (Lipinski definition) is 4. The molecule has 0 aromatic heterocycles. The maximum Gasteiger partial charge on any atom is 0.333 e. The van der Waals surface area contributed by atoms with Crippen LogP contribution in [0.3, 0.4) is 0 Å². The molecule has 118 valence electrons. The number of methoxy groups -OCH3 is 1. The molecule has 5 nitrogen and oxygen atoms in total. The van der Waals surface area contributed by atoms with E-state index in [0.29, 0.717) is 12.2 Å². The lowest BCUT2D eigenvalue weighted by molar-refractivity contribution is -0.384. The fourth-order valence-electron chi connectivity index (χ4n) is 2.29. The largest absolute Gasteiger partial charge is 0.490 e. The minimum Gasteiger partial charge on any atom is -0.490 e. The Bertz CT molecular complexity index is 473. The van der Waals surface area contributed by atoms with Crippen LogP contribution in [0.5, 0.6) is 5.75 Å². The molecule has 0 saturated heterocycles. The van der Waals surface area contributed by atoms with Gasteiger partial charge in [0.15, 0.2) is 5.75 Å². The molecular formula is C16H26N2O3. The van der Waals surface area contributed by atoms with Crippen LogP contribution < -0.4 is 10.1 Å². The Hall–Kier alpha value is -1.78. The topological polar surface area (TPSA) is 64.4 Å². The molecule has 0 atom stereocenters. The third-order valence-electron chi connectivity index (χ3n) is 3.62. The quantitative estimate of drug-likeness (QED) is 0.410. The van der Waals surface area contributed by atoms with E-state index in [2.05, 4.69) is 26.1 Å². The van der Waals surface area contributed by atoms with Gasteiger partial charge in [-0.05, 0) is 24.0 Å². The molecule has 0 aliphatic carbocycles. The number of anilines is 1. The van der Waals surface area contributed by atoms with Crippen molar-refractivity contribution in [1.82, 2.24) is 0 Å². The van der Waals surface area contributed by atoms with Gasteiger partial charge < -0.3 is 10.1 Å². The Labute approximate surface area is 126 Å². The van der Waals surface area contributed by atoms with Crippen LogP contribution in [0.1, 0.15) is 46.5 Å². The zero-order chi connectivity index (χ0) is 15.9. The van der Waals surface area contributed by atoms with Crippen LogP contribution >= 0.6 is 0 Å². The number of para-hydroxylation sites is 1. The van der Waals surface area contributed by atoms with Gasteiger partial charge in [0.05, 0.1) is 12.0 Å². The summed E-state index contributed by atoms with van der Waals surface area (Å²) < 4.78 is 5.08. The van der Waals surface area contributed by atoms with E-state index in [1.54, 1.807) is 18.2 Å². The van der Waals surface area contributed by atoms with Crippen LogP contribution in [0.4, 0.5) is 11.4 Å². The minimum absolute atomic E-state index is 0.00404. The first-order chi connectivity index (χ1) is 9.91. The monoisotopic (exact) mass is 294 g/mol. The van der Waals surface area contributed by atoms with E-state index < -0.39 is 4.92 Å². The van der Waals surface area contributed by atoms with Gasteiger partial charge in [-0.1, -0.05) is 46.1 Å². The average molecular weight is 294 g/mol. The van der Waals surface area contributed by atoms with Gasteiger partial charge in [0.2, 0.25) is 0 Å². The highest BCUT2D eigenvalue weighted by Gasteiger charge is 2.23. The molecule has 0 fully saturated rings. The summed E-state index contributed by atoms with van der Waals surface area (Å²) in [7, 11) is 1.45. The first-order valence-electron chi connectivity index (χ1n) is 7.46. The van der Waals surface area contributed by atoms with Gasteiger partial charge in [0.1, 0.15) is 5.69 Å². The number of nitrogens with one attached hydrogen (secondary N) is 1. The van der Waals surface area contributed by atoms with Gasteiger partial charge in [-0.2, -0.15) is 0 Å². The molecular weight excluding hydrogens is 268 g/mol.